The number of carbonyl (C=O) groups is 1. The standard InChI is InChI=1S/C30H25B3F2N6O3/c1-28(15-36)13-29(43,14-28)26-37-11-17(12-38-26)16-6-7-19-21(10-16)41-20(8-9-23(41)39-19)24-18(25(42)40(2)30(31,32)33)4-3-5-22(24)44-27(34)35/h3-7,10-12,20,27,43H,8-9,13-14H2,1-2H3/t20-,28?,29?/m1/s1. The van der Waals surface area contributed by atoms with Gasteiger partial charge in [-0.05, 0) is 43.2 Å². The molecule has 0 unspecified atom stereocenters. The van der Waals surface area contributed by atoms with Crippen molar-refractivity contribution in [1.82, 2.24) is 24.4 Å². The number of ether oxygens (including phenoxy) is 1. The molecule has 1 saturated carbocycles. The molecule has 2 aromatic carbocycles. The first-order valence-electron chi connectivity index (χ1n) is 13.9. The number of amides is 1. The van der Waals surface area contributed by atoms with Gasteiger partial charge in [0.2, 0.25) is 0 Å². The van der Waals surface area contributed by atoms with Crippen LogP contribution in [0, 0.1) is 16.7 Å². The summed E-state index contributed by atoms with van der Waals surface area (Å²) >= 11 is 0. The Morgan fingerprint density at radius 1 is 1.20 bits per heavy atom. The number of alkyl halides is 2. The fourth-order valence-electron chi connectivity index (χ4n) is 6.34. The minimum atomic E-state index is -3.13. The minimum Gasteiger partial charge on any atom is -0.434 e. The number of aliphatic hydroxyl groups is 1. The Labute approximate surface area is 256 Å². The first-order valence-corrected chi connectivity index (χ1v) is 13.9. The Bertz CT molecular complexity index is 1810. The summed E-state index contributed by atoms with van der Waals surface area (Å²) < 4.78 is 33.9. The van der Waals surface area contributed by atoms with Crippen LogP contribution in [0.25, 0.3) is 22.2 Å². The first kappa shape index (κ1) is 29.8. The molecule has 6 radical (unpaired) electrons. The first-order chi connectivity index (χ1) is 20.7. The third-order valence-corrected chi connectivity index (χ3v) is 8.48. The molecule has 2 aliphatic rings. The van der Waals surface area contributed by atoms with Gasteiger partial charge in [0.1, 0.15) is 17.2 Å². The summed E-state index contributed by atoms with van der Waals surface area (Å²) in [6.45, 7) is -1.34. The van der Waals surface area contributed by atoms with Gasteiger partial charge in [-0.3, -0.25) is 4.79 Å². The lowest BCUT2D eigenvalue weighted by atomic mass is 9.48. The van der Waals surface area contributed by atoms with Crippen molar-refractivity contribution in [2.45, 2.75) is 56.1 Å². The van der Waals surface area contributed by atoms with Gasteiger partial charge in [0.25, 0.3) is 5.91 Å². The Morgan fingerprint density at radius 2 is 1.91 bits per heavy atom. The lowest BCUT2D eigenvalue weighted by molar-refractivity contribution is -0.109. The molecule has 1 atom stereocenters. The fourth-order valence-corrected chi connectivity index (χ4v) is 6.34. The second kappa shape index (κ2) is 10.4. The van der Waals surface area contributed by atoms with Crippen molar-refractivity contribution >= 4 is 40.5 Å². The maximum Gasteiger partial charge on any atom is 0.387 e. The molecule has 216 valence electrons. The van der Waals surface area contributed by atoms with Gasteiger partial charge < -0.3 is 19.3 Å². The van der Waals surface area contributed by atoms with Gasteiger partial charge in [0, 0.05) is 55.4 Å². The summed E-state index contributed by atoms with van der Waals surface area (Å²) in [7, 11) is 18.6. The Hall–Kier alpha value is -4.24. The van der Waals surface area contributed by atoms with Gasteiger partial charge >= 0.3 is 6.61 Å². The van der Waals surface area contributed by atoms with Crippen molar-refractivity contribution in [1.29, 1.82) is 5.26 Å². The normalized spacial score (nSPS) is 22.8. The molecular weight excluding hydrogens is 563 g/mol. The Morgan fingerprint density at radius 3 is 2.55 bits per heavy atom. The lowest BCUT2D eigenvalue weighted by Crippen LogP contribution is -2.51. The molecule has 0 spiro atoms. The van der Waals surface area contributed by atoms with Crippen molar-refractivity contribution in [2.24, 2.45) is 5.41 Å². The monoisotopic (exact) mass is 588 g/mol. The molecule has 2 aromatic heterocycles. The topological polar surface area (TPSA) is 117 Å². The van der Waals surface area contributed by atoms with E-state index in [9.17, 15) is 23.9 Å². The van der Waals surface area contributed by atoms with Crippen LogP contribution in [-0.4, -0.2) is 77.9 Å². The molecule has 44 heavy (non-hydrogen) atoms. The number of imidazole rings is 1. The SMILES string of the molecule is [B]C([B])([B])N(C)C(=O)c1cccc(OC(F)F)c1[C@H]1CCc2nc3ccc(-c4cnc(C5(O)CC(C)(C#N)C5)nc4)cc3n21. The molecule has 4 aromatic rings. The van der Waals surface area contributed by atoms with Crippen LogP contribution in [0.4, 0.5) is 8.78 Å². The number of fused-ring (bicyclic) bond motifs is 3. The van der Waals surface area contributed by atoms with Crippen molar-refractivity contribution < 1.29 is 23.4 Å². The number of benzene rings is 2. The highest BCUT2D eigenvalue weighted by Crippen LogP contribution is 2.52. The molecule has 0 saturated heterocycles. The van der Waals surface area contributed by atoms with E-state index in [4.69, 9.17) is 33.3 Å². The third kappa shape index (κ3) is 5.03. The van der Waals surface area contributed by atoms with E-state index >= 15 is 0 Å². The van der Waals surface area contributed by atoms with Crippen molar-refractivity contribution in [2.75, 3.05) is 7.05 Å². The average molecular weight is 588 g/mol. The zero-order chi connectivity index (χ0) is 31.6. The highest BCUT2D eigenvalue weighted by molar-refractivity contribution is 6.59. The molecule has 1 N–H and O–H groups in total. The van der Waals surface area contributed by atoms with Crippen LogP contribution in [0.5, 0.6) is 5.75 Å². The second-order valence-electron chi connectivity index (χ2n) is 11.9. The molecule has 9 nitrogen and oxygen atoms in total. The predicted molar refractivity (Wildman–Crippen MR) is 159 cm³/mol. The van der Waals surface area contributed by atoms with E-state index in [1.54, 1.807) is 19.3 Å². The van der Waals surface area contributed by atoms with E-state index in [1.807, 2.05) is 22.8 Å². The van der Waals surface area contributed by atoms with Crippen molar-refractivity contribution in [3.8, 4) is 22.9 Å². The van der Waals surface area contributed by atoms with E-state index in [0.717, 1.165) is 10.5 Å². The van der Waals surface area contributed by atoms with Crippen LogP contribution in [0.2, 0.25) is 0 Å². The summed E-state index contributed by atoms with van der Waals surface area (Å²) in [5, 5.41) is 18.2. The summed E-state index contributed by atoms with van der Waals surface area (Å²) in [5.74, 6) is 0.156. The minimum absolute atomic E-state index is 0.0673. The maximum absolute atomic E-state index is 13.5. The molecule has 1 aliphatic carbocycles. The quantitative estimate of drug-likeness (QED) is 0.330. The van der Waals surface area contributed by atoms with Gasteiger partial charge in [-0.1, -0.05) is 17.4 Å². The van der Waals surface area contributed by atoms with E-state index in [-0.39, 0.29) is 35.5 Å². The van der Waals surface area contributed by atoms with Crippen LogP contribution in [0.15, 0.2) is 48.8 Å². The molecule has 3 heterocycles. The summed E-state index contributed by atoms with van der Waals surface area (Å²) in [6, 6.07) is 11.5. The number of aryl methyl sites for hydroxylation is 1. The Balaban J connectivity index is 1.40. The number of nitrogens with zero attached hydrogens (tertiary/aromatic N) is 6. The zero-order valence-corrected chi connectivity index (χ0v) is 24.0. The second-order valence-corrected chi connectivity index (χ2v) is 11.9. The van der Waals surface area contributed by atoms with Crippen LogP contribution in [0.3, 0.4) is 0 Å². The van der Waals surface area contributed by atoms with Crippen molar-refractivity contribution in [3.05, 3.63) is 71.6 Å². The molecular formula is C30H25B3F2N6O3. The van der Waals surface area contributed by atoms with Crippen LogP contribution in [-0.2, 0) is 12.0 Å². The third-order valence-electron chi connectivity index (χ3n) is 8.48. The molecule has 1 amide bonds. The number of halogens is 2. The van der Waals surface area contributed by atoms with Gasteiger partial charge in [-0.2, -0.15) is 14.0 Å². The highest BCUT2D eigenvalue weighted by Gasteiger charge is 2.54. The van der Waals surface area contributed by atoms with Gasteiger partial charge in [0.05, 0.1) is 52.1 Å². The largest absolute Gasteiger partial charge is 0.434 e. The smallest absolute Gasteiger partial charge is 0.387 e. The maximum atomic E-state index is 13.5. The van der Waals surface area contributed by atoms with Crippen molar-refractivity contribution in [3.63, 3.8) is 0 Å². The summed E-state index contributed by atoms with van der Waals surface area (Å²) in [4.78, 5) is 28.0. The molecule has 1 fully saturated rings. The number of rotatable bonds is 7. The fraction of sp³-hybridized carbons (Fsp3) is 0.367. The molecule has 1 aliphatic heterocycles. The van der Waals surface area contributed by atoms with E-state index in [1.165, 1.54) is 25.2 Å². The van der Waals surface area contributed by atoms with Gasteiger partial charge in [0.15, 0.2) is 5.82 Å². The number of hydrogen-bond donors (Lipinski definition) is 1. The van der Waals surface area contributed by atoms with Crippen LogP contribution < -0.4 is 4.74 Å². The van der Waals surface area contributed by atoms with E-state index in [2.05, 4.69) is 16.0 Å². The lowest BCUT2D eigenvalue weighted by Gasteiger charge is -2.46. The number of nitriles is 1. The van der Waals surface area contributed by atoms with Crippen LogP contribution in [0.1, 0.15) is 59.8 Å². The molecule has 0 bridgehead atoms. The highest BCUT2D eigenvalue weighted by atomic mass is 19.3. The molecule has 6 rings (SSSR count). The number of aromatic nitrogens is 4. The number of hydrogen-bond acceptors (Lipinski definition) is 7. The molecule has 14 heteroatoms. The van der Waals surface area contributed by atoms with E-state index < -0.39 is 34.8 Å². The summed E-state index contributed by atoms with van der Waals surface area (Å²) in [6.07, 6.45) is 4.72. The summed E-state index contributed by atoms with van der Waals surface area (Å²) in [5.41, 5.74) is 1.26. The van der Waals surface area contributed by atoms with Gasteiger partial charge in [-0.15, -0.1) is 0 Å². The average Bonchev–Trinajstić information content (AvgIpc) is 3.54. The van der Waals surface area contributed by atoms with Gasteiger partial charge in [-0.25, -0.2) is 15.0 Å². The number of carbonyl (C=O) groups excluding carboxylic acids is 1. The zero-order valence-electron chi connectivity index (χ0n) is 24.0. The van der Waals surface area contributed by atoms with Crippen LogP contribution >= 0.6 is 0 Å². The predicted octanol–water partition coefficient (Wildman–Crippen LogP) is 3.33. The van der Waals surface area contributed by atoms with E-state index in [0.29, 0.717) is 35.3 Å². The Kier molecular flexibility index (Phi) is 7.08.